The van der Waals surface area contributed by atoms with Crippen LogP contribution in [-0.4, -0.2) is 34.2 Å². The molecule has 0 saturated carbocycles. The molecular formula is C17H16Cl2FN3O3S. The lowest BCUT2D eigenvalue weighted by atomic mass is 10.2. The highest BCUT2D eigenvalue weighted by Crippen LogP contribution is 2.35. The van der Waals surface area contributed by atoms with Gasteiger partial charge in [0.05, 0.1) is 28.9 Å². The number of nitrogens with zero attached hydrogens (tertiary/aromatic N) is 3. The summed E-state index contributed by atoms with van der Waals surface area (Å²) in [5, 5.41) is 7.66. The zero-order valence-electron chi connectivity index (χ0n) is 14.3. The van der Waals surface area contributed by atoms with Crippen molar-refractivity contribution in [1.29, 1.82) is 0 Å². The molecule has 3 rings (SSSR count). The van der Waals surface area contributed by atoms with Gasteiger partial charge in [0.25, 0.3) is 0 Å². The molecule has 1 aliphatic rings. The molecule has 0 aliphatic carbocycles. The van der Waals surface area contributed by atoms with Crippen LogP contribution in [0.2, 0.25) is 10.0 Å². The largest absolute Gasteiger partial charge is 0.377 e. The number of halogens is 3. The van der Waals surface area contributed by atoms with Crippen LogP contribution in [0.25, 0.3) is 0 Å². The Bertz CT molecular complexity index is 968. The van der Waals surface area contributed by atoms with Gasteiger partial charge in [-0.25, -0.2) is 0 Å². The van der Waals surface area contributed by atoms with Gasteiger partial charge in [0.2, 0.25) is 0 Å². The van der Waals surface area contributed by atoms with E-state index in [1.165, 1.54) is 0 Å². The third-order valence-electron chi connectivity index (χ3n) is 4.09. The topological polar surface area (TPSA) is 71.3 Å². The van der Waals surface area contributed by atoms with Crippen molar-refractivity contribution in [3.05, 3.63) is 46.4 Å². The Morgan fingerprint density at radius 1 is 1.15 bits per heavy atom. The maximum atomic E-state index is 13.1. The first kappa shape index (κ1) is 20.0. The van der Waals surface area contributed by atoms with Crippen LogP contribution in [0.3, 0.4) is 0 Å². The van der Waals surface area contributed by atoms with Gasteiger partial charge in [-0.3, -0.25) is 0 Å². The number of anilines is 1. The molecule has 0 aromatic heterocycles. The first-order chi connectivity index (χ1) is 12.8. The summed E-state index contributed by atoms with van der Waals surface area (Å²) in [5.41, 5.74) is 1.78. The minimum Gasteiger partial charge on any atom is -0.377 e. The van der Waals surface area contributed by atoms with Gasteiger partial charge in [0.15, 0.2) is 0 Å². The van der Waals surface area contributed by atoms with Crippen molar-refractivity contribution in [3.63, 3.8) is 0 Å². The first-order valence-corrected chi connectivity index (χ1v) is 10.2. The molecule has 2 aromatic rings. The molecular weight excluding hydrogens is 416 g/mol. The highest BCUT2D eigenvalue weighted by molar-refractivity contribution is 7.86. The third kappa shape index (κ3) is 4.76. The summed E-state index contributed by atoms with van der Waals surface area (Å²) in [4.78, 5) is 1.55. The minimum absolute atomic E-state index is 0.0712. The summed E-state index contributed by atoms with van der Waals surface area (Å²) in [6, 6.07) is 9.83. The molecule has 1 unspecified atom stereocenters. The second kappa shape index (κ2) is 8.10. The van der Waals surface area contributed by atoms with Gasteiger partial charge in [-0.1, -0.05) is 23.2 Å². The van der Waals surface area contributed by atoms with Crippen LogP contribution in [0.15, 0.2) is 51.5 Å². The normalized spacial score (nSPS) is 18.2. The van der Waals surface area contributed by atoms with Crippen LogP contribution < -0.4 is 4.90 Å². The van der Waals surface area contributed by atoms with Gasteiger partial charge in [-0.2, -0.15) is 13.5 Å². The molecule has 144 valence electrons. The molecule has 0 amide bonds. The van der Waals surface area contributed by atoms with E-state index >= 15 is 0 Å². The van der Waals surface area contributed by atoms with E-state index in [0.717, 1.165) is 24.4 Å². The first-order valence-electron chi connectivity index (χ1n) is 8.05. The van der Waals surface area contributed by atoms with Crippen molar-refractivity contribution >= 4 is 50.5 Å². The van der Waals surface area contributed by atoms with Crippen molar-refractivity contribution in [2.45, 2.75) is 17.9 Å². The molecule has 0 radical (unpaired) electrons. The molecule has 1 fully saturated rings. The molecule has 27 heavy (non-hydrogen) atoms. The second-order valence-corrected chi connectivity index (χ2v) is 8.14. The van der Waals surface area contributed by atoms with Crippen LogP contribution in [0.1, 0.15) is 6.92 Å². The van der Waals surface area contributed by atoms with Gasteiger partial charge >= 0.3 is 10.2 Å². The fourth-order valence-electron chi connectivity index (χ4n) is 2.71. The van der Waals surface area contributed by atoms with E-state index in [4.69, 9.17) is 27.9 Å². The van der Waals surface area contributed by atoms with E-state index in [9.17, 15) is 12.3 Å². The van der Waals surface area contributed by atoms with E-state index in [2.05, 4.69) is 22.1 Å². The molecule has 0 spiro atoms. The monoisotopic (exact) mass is 431 g/mol. The Labute approximate surface area is 166 Å². The molecule has 10 heteroatoms. The lowest BCUT2D eigenvalue weighted by Crippen LogP contribution is -2.43. The predicted molar refractivity (Wildman–Crippen MR) is 103 cm³/mol. The Kier molecular flexibility index (Phi) is 6.00. The van der Waals surface area contributed by atoms with E-state index in [0.29, 0.717) is 18.9 Å². The van der Waals surface area contributed by atoms with E-state index in [1.54, 1.807) is 12.1 Å². The molecule has 0 N–H and O–H groups in total. The fraction of sp³-hybridized carbons (Fsp3) is 0.294. The summed E-state index contributed by atoms with van der Waals surface area (Å²) in [7, 11) is -4.96. The summed E-state index contributed by atoms with van der Waals surface area (Å²) >= 11 is 11.7. The van der Waals surface area contributed by atoms with Crippen molar-refractivity contribution in [2.75, 3.05) is 24.7 Å². The minimum atomic E-state index is -4.96. The van der Waals surface area contributed by atoms with E-state index in [1.807, 2.05) is 12.1 Å². The number of hydrogen-bond acceptors (Lipinski definition) is 6. The SMILES string of the molecule is CC1COCCN1c1ccc(N=Nc2cc(Cl)c(S(=O)(=O)F)cc2Cl)cc1. The zero-order valence-corrected chi connectivity index (χ0v) is 16.6. The summed E-state index contributed by atoms with van der Waals surface area (Å²) in [6.07, 6.45) is 0. The van der Waals surface area contributed by atoms with Gasteiger partial charge in [-0.15, -0.1) is 9.00 Å². The quantitative estimate of drug-likeness (QED) is 0.486. The summed E-state index contributed by atoms with van der Waals surface area (Å²) < 4.78 is 40.6. The number of morpholine rings is 1. The number of hydrogen-bond donors (Lipinski definition) is 0. The average Bonchev–Trinajstić information content (AvgIpc) is 2.62. The molecule has 1 aliphatic heterocycles. The van der Waals surface area contributed by atoms with Gasteiger partial charge in [0.1, 0.15) is 10.6 Å². The van der Waals surface area contributed by atoms with E-state index < -0.39 is 15.1 Å². The van der Waals surface area contributed by atoms with Crippen LogP contribution in [0.4, 0.5) is 20.9 Å². The number of ether oxygens (including phenoxy) is 1. The van der Waals surface area contributed by atoms with Gasteiger partial charge in [0, 0.05) is 18.3 Å². The Morgan fingerprint density at radius 3 is 2.48 bits per heavy atom. The highest BCUT2D eigenvalue weighted by atomic mass is 35.5. The molecule has 2 aromatic carbocycles. The zero-order chi connectivity index (χ0) is 19.6. The maximum absolute atomic E-state index is 13.1. The molecule has 1 heterocycles. The van der Waals surface area contributed by atoms with Crippen molar-refractivity contribution in [1.82, 2.24) is 0 Å². The standard InChI is InChI=1S/C17H16Cl2FN3O3S/c1-11-10-26-7-6-23(11)13-4-2-12(3-5-13)21-22-16-8-15(19)17(9-14(16)18)27(20,24)25/h2-5,8-9,11H,6-7,10H2,1H3. The second-order valence-electron chi connectivity index (χ2n) is 6.01. The van der Waals surface area contributed by atoms with Crippen LogP contribution in [-0.2, 0) is 15.0 Å². The van der Waals surface area contributed by atoms with E-state index in [-0.39, 0.29) is 21.8 Å². The Hall–Kier alpha value is -1.74. The van der Waals surface area contributed by atoms with Crippen molar-refractivity contribution in [3.8, 4) is 0 Å². The molecule has 1 atom stereocenters. The number of benzene rings is 2. The van der Waals surface area contributed by atoms with Gasteiger partial charge in [-0.05, 0) is 43.3 Å². The maximum Gasteiger partial charge on any atom is 0.333 e. The van der Waals surface area contributed by atoms with Crippen molar-refractivity contribution in [2.24, 2.45) is 10.2 Å². The lowest BCUT2D eigenvalue weighted by Gasteiger charge is -2.35. The smallest absolute Gasteiger partial charge is 0.333 e. The molecule has 6 nitrogen and oxygen atoms in total. The predicted octanol–water partition coefficient (Wildman–Crippen LogP) is 5.29. The average molecular weight is 432 g/mol. The third-order valence-corrected chi connectivity index (χ3v) is 5.68. The number of azo groups is 1. The fourth-order valence-corrected chi connectivity index (χ4v) is 3.97. The van der Waals surface area contributed by atoms with Crippen LogP contribution in [0, 0.1) is 0 Å². The number of rotatable bonds is 4. The van der Waals surface area contributed by atoms with Crippen LogP contribution in [0.5, 0.6) is 0 Å². The van der Waals surface area contributed by atoms with Crippen molar-refractivity contribution < 1.29 is 17.0 Å². The highest BCUT2D eigenvalue weighted by Gasteiger charge is 2.20. The molecule has 1 saturated heterocycles. The summed E-state index contributed by atoms with van der Waals surface area (Å²) in [5.74, 6) is 0. The summed E-state index contributed by atoms with van der Waals surface area (Å²) in [6.45, 7) is 4.29. The molecule has 0 bridgehead atoms. The van der Waals surface area contributed by atoms with Gasteiger partial charge < -0.3 is 9.64 Å². The Morgan fingerprint density at radius 2 is 1.85 bits per heavy atom. The van der Waals surface area contributed by atoms with Crippen LogP contribution >= 0.6 is 23.2 Å². The lowest BCUT2D eigenvalue weighted by molar-refractivity contribution is 0.0989. The Balaban J connectivity index is 1.79.